The van der Waals surface area contributed by atoms with Crippen molar-refractivity contribution < 1.29 is 23.9 Å². The molecule has 8 nitrogen and oxygen atoms in total. The van der Waals surface area contributed by atoms with Gasteiger partial charge in [0.15, 0.2) is 5.17 Å². The summed E-state index contributed by atoms with van der Waals surface area (Å²) < 4.78 is 10.5. The fraction of sp³-hybridized carbons (Fsp3) is 0.267. The Morgan fingerprint density at radius 3 is 2.35 bits per heavy atom. The highest BCUT2D eigenvalue weighted by atomic mass is 35.5. The highest BCUT2D eigenvalue weighted by Crippen LogP contribution is 2.30. The molecule has 0 saturated carbocycles. The molecule has 0 aliphatic carbocycles. The summed E-state index contributed by atoms with van der Waals surface area (Å²) in [5.41, 5.74) is 2.59. The number of esters is 1. The maximum absolute atomic E-state index is 13.3. The van der Waals surface area contributed by atoms with E-state index in [0.29, 0.717) is 52.5 Å². The fourth-order valence-electron chi connectivity index (χ4n) is 3.97. The number of halogens is 1. The molecular formula is C30H30ClN3O5S. The lowest BCUT2D eigenvalue weighted by Crippen LogP contribution is -2.46. The number of amides is 2. The van der Waals surface area contributed by atoms with Crippen LogP contribution in [0, 0.1) is 0 Å². The smallest absolute Gasteiger partial charge is 0.338 e. The molecule has 1 heterocycles. The van der Waals surface area contributed by atoms with Crippen LogP contribution in [0.1, 0.15) is 36.2 Å². The Hall–Kier alpha value is -3.82. The van der Waals surface area contributed by atoms with E-state index in [-0.39, 0.29) is 24.8 Å². The molecule has 0 unspecified atom stereocenters. The summed E-state index contributed by atoms with van der Waals surface area (Å²) in [4.78, 5) is 44.8. The van der Waals surface area contributed by atoms with Crippen LogP contribution >= 0.6 is 23.4 Å². The second-order valence-electron chi connectivity index (χ2n) is 8.84. The largest absolute Gasteiger partial charge is 0.494 e. The molecule has 0 bridgehead atoms. The van der Waals surface area contributed by atoms with Crippen molar-refractivity contribution in [1.82, 2.24) is 4.90 Å². The van der Waals surface area contributed by atoms with E-state index in [1.807, 2.05) is 31.2 Å². The van der Waals surface area contributed by atoms with Crippen molar-refractivity contribution in [3.8, 4) is 5.75 Å². The van der Waals surface area contributed by atoms with Gasteiger partial charge in [-0.2, -0.15) is 0 Å². The molecule has 2 amide bonds. The minimum atomic E-state index is -0.664. The predicted molar refractivity (Wildman–Crippen MR) is 159 cm³/mol. The summed E-state index contributed by atoms with van der Waals surface area (Å²) in [5.74, 6) is -0.186. The number of thioether (sulfide) groups is 1. The maximum Gasteiger partial charge on any atom is 0.338 e. The third-order valence-electron chi connectivity index (χ3n) is 6.01. The lowest BCUT2D eigenvalue weighted by Gasteiger charge is -2.32. The molecule has 1 N–H and O–H groups in total. The summed E-state index contributed by atoms with van der Waals surface area (Å²) >= 11 is 7.25. The number of hydrogen-bond acceptors (Lipinski definition) is 7. The lowest BCUT2D eigenvalue weighted by atomic mass is 10.1. The number of rotatable bonds is 10. The molecule has 0 spiro atoms. The van der Waals surface area contributed by atoms with Gasteiger partial charge in [0.25, 0.3) is 0 Å². The topological polar surface area (TPSA) is 97.3 Å². The van der Waals surface area contributed by atoms with E-state index in [9.17, 15) is 14.4 Å². The number of nitrogens with zero attached hydrogens (tertiary/aromatic N) is 2. The summed E-state index contributed by atoms with van der Waals surface area (Å²) in [7, 11) is 0. The number of anilines is 1. The van der Waals surface area contributed by atoms with Crippen LogP contribution in [0.3, 0.4) is 0 Å². The van der Waals surface area contributed by atoms with E-state index in [4.69, 9.17) is 26.1 Å². The monoisotopic (exact) mass is 579 g/mol. The Morgan fingerprint density at radius 1 is 1.00 bits per heavy atom. The minimum absolute atomic E-state index is 0.0367. The van der Waals surface area contributed by atoms with Crippen molar-refractivity contribution in [2.75, 3.05) is 25.1 Å². The first-order valence-electron chi connectivity index (χ1n) is 13.0. The zero-order chi connectivity index (χ0) is 28.5. The van der Waals surface area contributed by atoms with Crippen LogP contribution < -0.4 is 10.1 Å². The van der Waals surface area contributed by atoms with Crippen LogP contribution in [-0.2, 0) is 20.7 Å². The molecule has 0 aromatic heterocycles. The van der Waals surface area contributed by atoms with Crippen molar-refractivity contribution >= 4 is 57.7 Å². The summed E-state index contributed by atoms with van der Waals surface area (Å²) in [5, 5.41) is 3.29. The standard InChI is InChI=1S/C30H30ClN3O5S/c1-3-38-25-15-13-23(14-16-25)32-28(36)26-19-27(35)34(18-17-20-5-9-22(31)10-6-20)30(40-26)33-24-11-7-21(8-12-24)29(37)39-4-2/h5-16,26H,3-4,17-19H2,1-2H3,(H,32,36)/t26-/m1/s1. The summed E-state index contributed by atoms with van der Waals surface area (Å²) in [6.07, 6.45) is 0.627. The molecule has 1 saturated heterocycles. The van der Waals surface area contributed by atoms with Crippen LogP contribution in [0.4, 0.5) is 11.4 Å². The lowest BCUT2D eigenvalue weighted by molar-refractivity contribution is -0.129. The first-order chi connectivity index (χ1) is 19.4. The van der Waals surface area contributed by atoms with Crippen molar-refractivity contribution in [1.29, 1.82) is 0 Å². The van der Waals surface area contributed by atoms with Gasteiger partial charge in [-0.15, -0.1) is 0 Å². The molecule has 208 valence electrons. The van der Waals surface area contributed by atoms with Gasteiger partial charge in [0, 0.05) is 23.7 Å². The van der Waals surface area contributed by atoms with Gasteiger partial charge in [0.1, 0.15) is 11.0 Å². The number of carbonyl (C=O) groups is 3. The fourth-order valence-corrected chi connectivity index (χ4v) is 5.22. The number of aliphatic imine (C=N–C) groups is 1. The highest BCUT2D eigenvalue weighted by molar-refractivity contribution is 8.15. The minimum Gasteiger partial charge on any atom is -0.494 e. The molecule has 1 aliphatic heterocycles. The molecule has 0 radical (unpaired) electrons. The van der Waals surface area contributed by atoms with Gasteiger partial charge in [-0.1, -0.05) is 35.5 Å². The first kappa shape index (κ1) is 29.2. The second-order valence-corrected chi connectivity index (χ2v) is 10.4. The van der Waals surface area contributed by atoms with E-state index in [1.165, 1.54) is 11.8 Å². The Bertz CT molecular complexity index is 1360. The van der Waals surface area contributed by atoms with Gasteiger partial charge >= 0.3 is 5.97 Å². The summed E-state index contributed by atoms with van der Waals surface area (Å²) in [6.45, 7) is 4.87. The van der Waals surface area contributed by atoms with Gasteiger partial charge in [0.05, 0.1) is 24.5 Å². The number of benzene rings is 3. The summed E-state index contributed by atoms with van der Waals surface area (Å²) in [6, 6.07) is 21.2. The third kappa shape index (κ3) is 7.86. The number of amidine groups is 1. The Kier molecular flexibility index (Phi) is 10.2. The molecule has 40 heavy (non-hydrogen) atoms. The van der Waals surface area contributed by atoms with Crippen molar-refractivity contribution in [3.05, 3.63) is 88.9 Å². The van der Waals surface area contributed by atoms with Crippen molar-refractivity contribution in [2.45, 2.75) is 31.9 Å². The van der Waals surface area contributed by atoms with Crippen LogP contribution in [0.25, 0.3) is 0 Å². The van der Waals surface area contributed by atoms with Gasteiger partial charge in [-0.05, 0) is 86.5 Å². The molecular weight excluding hydrogens is 550 g/mol. The molecule has 10 heteroatoms. The number of nitrogens with one attached hydrogen (secondary N) is 1. The molecule has 1 aliphatic rings. The first-order valence-corrected chi connectivity index (χ1v) is 14.2. The predicted octanol–water partition coefficient (Wildman–Crippen LogP) is 6.12. The van der Waals surface area contributed by atoms with E-state index < -0.39 is 11.2 Å². The van der Waals surface area contributed by atoms with Gasteiger partial charge in [0.2, 0.25) is 11.8 Å². The zero-order valence-electron chi connectivity index (χ0n) is 22.3. The van der Waals surface area contributed by atoms with Gasteiger partial charge in [-0.25, -0.2) is 9.79 Å². The van der Waals surface area contributed by atoms with E-state index in [1.54, 1.807) is 60.4 Å². The van der Waals surface area contributed by atoms with Crippen LogP contribution in [0.15, 0.2) is 77.8 Å². The van der Waals surface area contributed by atoms with Gasteiger partial charge < -0.3 is 14.8 Å². The number of ether oxygens (including phenoxy) is 2. The third-order valence-corrected chi connectivity index (χ3v) is 7.45. The number of carbonyl (C=O) groups excluding carboxylic acids is 3. The van der Waals surface area contributed by atoms with Crippen LogP contribution in [0.2, 0.25) is 5.02 Å². The van der Waals surface area contributed by atoms with Crippen LogP contribution in [0.5, 0.6) is 5.75 Å². The Labute approximate surface area is 242 Å². The zero-order valence-corrected chi connectivity index (χ0v) is 23.8. The highest BCUT2D eigenvalue weighted by Gasteiger charge is 2.35. The Morgan fingerprint density at radius 2 is 1.70 bits per heavy atom. The SMILES string of the molecule is CCOC(=O)c1ccc(N=C2S[C@@H](C(=O)Nc3ccc(OCC)cc3)CC(=O)N2CCc2ccc(Cl)cc2)cc1. The van der Waals surface area contributed by atoms with E-state index in [0.717, 1.165) is 5.56 Å². The molecule has 1 fully saturated rings. The second kappa shape index (κ2) is 14.0. The van der Waals surface area contributed by atoms with Gasteiger partial charge in [-0.3, -0.25) is 14.5 Å². The number of hydrogen-bond donors (Lipinski definition) is 1. The maximum atomic E-state index is 13.3. The Balaban J connectivity index is 1.53. The average molecular weight is 580 g/mol. The van der Waals surface area contributed by atoms with Crippen LogP contribution in [-0.4, -0.2) is 52.9 Å². The molecule has 3 aromatic carbocycles. The molecule has 3 aromatic rings. The van der Waals surface area contributed by atoms with E-state index >= 15 is 0 Å². The van der Waals surface area contributed by atoms with E-state index in [2.05, 4.69) is 5.32 Å². The molecule has 4 rings (SSSR count). The van der Waals surface area contributed by atoms with Crippen molar-refractivity contribution in [2.24, 2.45) is 4.99 Å². The quantitative estimate of drug-likeness (QED) is 0.291. The molecule has 1 atom stereocenters. The normalized spacial score (nSPS) is 16.1. The van der Waals surface area contributed by atoms with Crippen molar-refractivity contribution in [3.63, 3.8) is 0 Å². The average Bonchev–Trinajstić information content (AvgIpc) is 2.95.